The molecule has 2 rings (SSSR count). The predicted octanol–water partition coefficient (Wildman–Crippen LogP) is 2.39. The fraction of sp³-hybridized carbons (Fsp3) is 0.417. The fourth-order valence-corrected chi connectivity index (χ4v) is 1.96. The van der Waals surface area contributed by atoms with E-state index >= 15 is 0 Å². The maximum absolute atomic E-state index is 11.1. The Hall–Kier alpha value is -1.31. The van der Waals surface area contributed by atoms with Crippen LogP contribution in [0.4, 0.5) is 0 Å². The van der Waals surface area contributed by atoms with Gasteiger partial charge < -0.3 is 4.74 Å². The van der Waals surface area contributed by atoms with Crippen LogP contribution in [-0.2, 0) is 4.79 Å². The van der Waals surface area contributed by atoms with E-state index in [0.717, 1.165) is 12.2 Å². The highest BCUT2D eigenvalue weighted by Gasteiger charge is 2.42. The van der Waals surface area contributed by atoms with Crippen LogP contribution in [0.5, 0.6) is 5.75 Å². The number of carbonyl (C=O) groups excluding carboxylic acids is 1. The van der Waals surface area contributed by atoms with Gasteiger partial charge in [0.25, 0.3) is 0 Å². The number of Topliss-reactive ketones (excluding diaryl/α,β-unsaturated/α-hetero) is 1. The number of carbonyl (C=O) groups is 1. The molecule has 0 aromatic heterocycles. The molecule has 0 aliphatic heterocycles. The Morgan fingerprint density at radius 2 is 2.14 bits per heavy atom. The van der Waals surface area contributed by atoms with Crippen LogP contribution in [0, 0.1) is 5.92 Å². The average molecular weight is 190 g/mol. The summed E-state index contributed by atoms with van der Waals surface area (Å²) in [5, 5.41) is 0. The van der Waals surface area contributed by atoms with E-state index in [9.17, 15) is 4.79 Å². The van der Waals surface area contributed by atoms with E-state index < -0.39 is 0 Å². The first-order chi connectivity index (χ1) is 6.74. The summed E-state index contributed by atoms with van der Waals surface area (Å²) in [4.78, 5) is 11.1. The largest absolute Gasteiger partial charge is 0.496 e. The molecular weight excluding hydrogens is 176 g/mol. The van der Waals surface area contributed by atoms with Gasteiger partial charge >= 0.3 is 0 Å². The lowest BCUT2D eigenvalue weighted by Crippen LogP contribution is -1.96. The zero-order chi connectivity index (χ0) is 10.1. The smallest absolute Gasteiger partial charge is 0.133 e. The second-order valence-corrected chi connectivity index (χ2v) is 3.80. The summed E-state index contributed by atoms with van der Waals surface area (Å²) in [6, 6.07) is 7.94. The first-order valence-electron chi connectivity index (χ1n) is 4.87. The van der Waals surface area contributed by atoms with Crippen molar-refractivity contribution < 1.29 is 9.53 Å². The van der Waals surface area contributed by atoms with E-state index in [0.29, 0.717) is 11.7 Å². The lowest BCUT2D eigenvalue weighted by Gasteiger charge is -2.06. The molecule has 1 saturated carbocycles. The van der Waals surface area contributed by atoms with Crippen LogP contribution < -0.4 is 4.74 Å². The molecule has 1 fully saturated rings. The van der Waals surface area contributed by atoms with Gasteiger partial charge in [0, 0.05) is 5.92 Å². The lowest BCUT2D eigenvalue weighted by molar-refractivity contribution is -0.118. The van der Waals surface area contributed by atoms with Crippen molar-refractivity contribution in [3.05, 3.63) is 29.8 Å². The molecule has 0 N–H and O–H groups in total. The molecule has 14 heavy (non-hydrogen) atoms. The van der Waals surface area contributed by atoms with Crippen molar-refractivity contribution in [1.29, 1.82) is 0 Å². The average Bonchev–Trinajstić information content (AvgIpc) is 2.97. The zero-order valence-corrected chi connectivity index (χ0v) is 8.49. The van der Waals surface area contributed by atoms with Gasteiger partial charge in [-0.1, -0.05) is 18.2 Å². The van der Waals surface area contributed by atoms with Crippen molar-refractivity contribution >= 4 is 5.78 Å². The van der Waals surface area contributed by atoms with Crippen LogP contribution in [0.2, 0.25) is 0 Å². The summed E-state index contributed by atoms with van der Waals surface area (Å²) in [5.74, 6) is 1.82. The predicted molar refractivity (Wildman–Crippen MR) is 54.5 cm³/mol. The van der Waals surface area contributed by atoms with Crippen molar-refractivity contribution in [2.24, 2.45) is 5.92 Å². The molecule has 1 aliphatic rings. The molecule has 1 aromatic carbocycles. The minimum Gasteiger partial charge on any atom is -0.496 e. The van der Waals surface area contributed by atoms with Crippen molar-refractivity contribution in [1.82, 2.24) is 0 Å². The Bertz CT molecular complexity index is 357. The van der Waals surface area contributed by atoms with Crippen molar-refractivity contribution in [2.45, 2.75) is 19.3 Å². The van der Waals surface area contributed by atoms with E-state index in [-0.39, 0.29) is 5.92 Å². The third-order valence-electron chi connectivity index (χ3n) is 2.85. The van der Waals surface area contributed by atoms with Gasteiger partial charge in [0.05, 0.1) is 7.11 Å². The summed E-state index contributed by atoms with van der Waals surface area (Å²) in [7, 11) is 1.67. The van der Waals surface area contributed by atoms with Gasteiger partial charge in [0.1, 0.15) is 11.5 Å². The maximum atomic E-state index is 11.1. The van der Waals surface area contributed by atoms with E-state index in [1.54, 1.807) is 14.0 Å². The van der Waals surface area contributed by atoms with Gasteiger partial charge in [-0.15, -0.1) is 0 Å². The molecule has 0 bridgehead atoms. The molecule has 0 heterocycles. The molecule has 0 radical (unpaired) electrons. The molecule has 1 aromatic rings. The molecule has 2 unspecified atom stereocenters. The standard InChI is InChI=1S/C12H14O2/c1-8(13)10-7-11(10)9-5-3-4-6-12(9)14-2/h3-6,10-11H,7H2,1-2H3. The molecule has 74 valence electrons. The fourth-order valence-electron chi connectivity index (χ4n) is 1.96. The molecular formula is C12H14O2. The van der Waals surface area contributed by atoms with Crippen LogP contribution in [0.3, 0.4) is 0 Å². The van der Waals surface area contributed by atoms with Gasteiger partial charge in [-0.25, -0.2) is 0 Å². The molecule has 0 amide bonds. The molecule has 1 aliphatic carbocycles. The van der Waals surface area contributed by atoms with Crippen LogP contribution in [0.1, 0.15) is 24.8 Å². The molecule has 0 spiro atoms. The van der Waals surface area contributed by atoms with Gasteiger partial charge in [-0.3, -0.25) is 4.79 Å². The summed E-state index contributed by atoms with van der Waals surface area (Å²) >= 11 is 0. The van der Waals surface area contributed by atoms with E-state index in [1.807, 2.05) is 24.3 Å². The Kier molecular flexibility index (Phi) is 2.28. The van der Waals surface area contributed by atoms with Crippen LogP contribution in [0.15, 0.2) is 24.3 Å². The molecule has 2 atom stereocenters. The van der Waals surface area contributed by atoms with E-state index in [1.165, 1.54) is 5.56 Å². The number of benzene rings is 1. The minimum absolute atomic E-state index is 0.228. The monoisotopic (exact) mass is 190 g/mol. The van der Waals surface area contributed by atoms with Crippen molar-refractivity contribution in [3.63, 3.8) is 0 Å². The number of methoxy groups -OCH3 is 1. The Morgan fingerprint density at radius 1 is 1.43 bits per heavy atom. The Balaban J connectivity index is 2.22. The first-order valence-corrected chi connectivity index (χ1v) is 4.87. The van der Waals surface area contributed by atoms with E-state index in [2.05, 4.69) is 0 Å². The van der Waals surface area contributed by atoms with Gasteiger partial charge in [0.2, 0.25) is 0 Å². The normalized spacial score (nSPS) is 24.4. The second kappa shape index (κ2) is 3.45. The first kappa shape index (κ1) is 9.25. The number of hydrogen-bond acceptors (Lipinski definition) is 2. The van der Waals surface area contributed by atoms with Gasteiger partial charge in [-0.05, 0) is 30.9 Å². The highest BCUT2D eigenvalue weighted by Crippen LogP contribution is 2.50. The molecule has 2 heteroatoms. The van der Waals surface area contributed by atoms with Crippen LogP contribution in [-0.4, -0.2) is 12.9 Å². The molecule has 2 nitrogen and oxygen atoms in total. The second-order valence-electron chi connectivity index (χ2n) is 3.80. The van der Waals surface area contributed by atoms with E-state index in [4.69, 9.17) is 4.74 Å². The SMILES string of the molecule is COc1ccccc1C1CC1C(C)=O. The van der Waals surface area contributed by atoms with Crippen LogP contribution in [0.25, 0.3) is 0 Å². The summed E-state index contributed by atoms with van der Waals surface area (Å²) in [5.41, 5.74) is 1.18. The highest BCUT2D eigenvalue weighted by atomic mass is 16.5. The summed E-state index contributed by atoms with van der Waals surface area (Å²) < 4.78 is 5.26. The number of hydrogen-bond donors (Lipinski definition) is 0. The van der Waals surface area contributed by atoms with Crippen molar-refractivity contribution in [2.75, 3.05) is 7.11 Å². The number of ketones is 1. The lowest BCUT2D eigenvalue weighted by atomic mass is 10.1. The Labute approximate surface area is 83.9 Å². The zero-order valence-electron chi connectivity index (χ0n) is 8.49. The quantitative estimate of drug-likeness (QED) is 0.731. The maximum Gasteiger partial charge on any atom is 0.133 e. The third-order valence-corrected chi connectivity index (χ3v) is 2.85. The summed E-state index contributed by atoms with van der Waals surface area (Å²) in [6.07, 6.45) is 0.982. The summed E-state index contributed by atoms with van der Waals surface area (Å²) in [6.45, 7) is 1.67. The van der Waals surface area contributed by atoms with Crippen LogP contribution >= 0.6 is 0 Å². The van der Waals surface area contributed by atoms with Crippen molar-refractivity contribution in [3.8, 4) is 5.75 Å². The number of ether oxygens (including phenoxy) is 1. The third kappa shape index (κ3) is 1.52. The topological polar surface area (TPSA) is 26.3 Å². The molecule has 0 saturated heterocycles. The Morgan fingerprint density at radius 3 is 2.71 bits per heavy atom. The minimum atomic E-state index is 0.228. The number of para-hydroxylation sites is 1. The number of rotatable bonds is 3. The van der Waals surface area contributed by atoms with Gasteiger partial charge in [-0.2, -0.15) is 0 Å². The van der Waals surface area contributed by atoms with Gasteiger partial charge in [0.15, 0.2) is 0 Å². The highest BCUT2D eigenvalue weighted by molar-refractivity contribution is 5.82.